The molecule has 2 aromatic rings. The van der Waals surface area contributed by atoms with Gasteiger partial charge < -0.3 is 10.1 Å². The van der Waals surface area contributed by atoms with E-state index in [0.717, 1.165) is 0 Å². The second-order valence-electron chi connectivity index (χ2n) is 3.81. The Hall–Kier alpha value is -2.81. The second-order valence-corrected chi connectivity index (χ2v) is 4.67. The molecule has 9 heteroatoms. The van der Waals surface area contributed by atoms with Gasteiger partial charge in [0.2, 0.25) is 6.41 Å². The highest BCUT2D eigenvalue weighted by Gasteiger charge is 2.11. The highest BCUT2D eigenvalue weighted by Crippen LogP contribution is 2.19. The lowest BCUT2D eigenvalue weighted by atomic mass is 10.3. The van der Waals surface area contributed by atoms with E-state index in [4.69, 9.17) is 4.74 Å². The molecule has 1 aromatic heterocycles. The lowest BCUT2D eigenvalue weighted by molar-refractivity contribution is -0.384. The van der Waals surface area contributed by atoms with Gasteiger partial charge in [0.1, 0.15) is 5.75 Å². The van der Waals surface area contributed by atoms with Crippen LogP contribution in [-0.2, 0) is 16.0 Å². The zero-order valence-corrected chi connectivity index (χ0v) is 11.3. The van der Waals surface area contributed by atoms with Crippen molar-refractivity contribution in [3.63, 3.8) is 0 Å². The predicted molar refractivity (Wildman–Crippen MR) is 81.0 cm³/mol. The van der Waals surface area contributed by atoms with Gasteiger partial charge in [0.05, 0.1) is 17.0 Å². The molecule has 22 heavy (non-hydrogen) atoms. The van der Waals surface area contributed by atoms with Crippen LogP contribution >= 0.6 is 11.3 Å². The van der Waals surface area contributed by atoms with Crippen molar-refractivity contribution in [1.82, 2.24) is 4.98 Å². The summed E-state index contributed by atoms with van der Waals surface area (Å²) in [5, 5.41) is 14.9. The number of esters is 1. The van der Waals surface area contributed by atoms with E-state index in [9.17, 15) is 19.7 Å². The summed E-state index contributed by atoms with van der Waals surface area (Å²) in [4.78, 5) is 35.9. The molecule has 0 radical (unpaired) electrons. The Balaban J connectivity index is 0.00000242. The fraction of sp³-hybridized carbons (Fsp3) is 0.154. The van der Waals surface area contributed by atoms with Gasteiger partial charge in [0, 0.05) is 17.5 Å². The lowest BCUT2D eigenvalue weighted by Crippen LogP contribution is -2.11. The first kappa shape index (κ1) is 17.2. The van der Waals surface area contributed by atoms with Gasteiger partial charge in [-0.2, -0.15) is 0 Å². The fourth-order valence-corrected chi connectivity index (χ4v) is 2.13. The average molecular weight is 323 g/mol. The van der Waals surface area contributed by atoms with E-state index in [1.165, 1.54) is 35.6 Å². The number of carbonyl (C=O) groups is 2. The molecule has 116 valence electrons. The Labute approximate surface area is 129 Å². The van der Waals surface area contributed by atoms with E-state index in [2.05, 4.69) is 10.3 Å². The molecule has 1 heterocycles. The summed E-state index contributed by atoms with van der Waals surface area (Å²) in [5.41, 5.74) is 0.384. The molecule has 0 aliphatic carbocycles. The number of nitrogens with zero attached hydrogens (tertiary/aromatic N) is 2. The molecule has 1 N–H and O–H groups in total. The van der Waals surface area contributed by atoms with Gasteiger partial charge in [0.25, 0.3) is 5.69 Å². The van der Waals surface area contributed by atoms with Gasteiger partial charge in [-0.05, 0) is 12.1 Å². The number of nitro groups is 1. The van der Waals surface area contributed by atoms with Crippen molar-refractivity contribution in [2.24, 2.45) is 0 Å². The van der Waals surface area contributed by atoms with Crippen LogP contribution in [0.25, 0.3) is 0 Å². The molecule has 0 spiro atoms. The molecule has 0 saturated heterocycles. The molecule has 0 bridgehead atoms. The third-order valence-electron chi connectivity index (χ3n) is 2.34. The number of hydrogen-bond donors (Lipinski definition) is 1. The number of thiazole rings is 1. The van der Waals surface area contributed by atoms with E-state index in [0.29, 0.717) is 17.2 Å². The van der Waals surface area contributed by atoms with Crippen LogP contribution in [0.4, 0.5) is 10.8 Å². The van der Waals surface area contributed by atoms with Crippen LogP contribution in [0.15, 0.2) is 29.6 Å². The van der Waals surface area contributed by atoms with Crippen molar-refractivity contribution in [1.29, 1.82) is 0 Å². The highest BCUT2D eigenvalue weighted by atomic mass is 32.1. The largest absolute Gasteiger partial charge is 0.426 e. The first-order valence-electron chi connectivity index (χ1n) is 5.68. The molecule has 8 nitrogen and oxygen atoms in total. The van der Waals surface area contributed by atoms with E-state index >= 15 is 0 Å². The zero-order chi connectivity index (χ0) is 15.2. The second kappa shape index (κ2) is 7.84. The number of nitro benzene ring substituents is 1. The maximum absolute atomic E-state index is 11.7. The molecule has 1 aromatic carbocycles. The van der Waals surface area contributed by atoms with Gasteiger partial charge in [-0.1, -0.05) is 7.43 Å². The minimum absolute atomic E-state index is 0. The molecule has 0 aliphatic rings. The third kappa shape index (κ3) is 4.63. The standard InChI is InChI=1S/C12H9N3O5S.CH4/c16-7-13-12-14-8(6-21-12)5-11(17)20-10-3-1-9(2-4-10)15(18)19;/h1-4,6-7H,5H2,(H,13,14,16);1H4. The first-order valence-corrected chi connectivity index (χ1v) is 6.56. The van der Waals surface area contributed by atoms with E-state index in [-0.39, 0.29) is 25.3 Å². The Morgan fingerprint density at radius 1 is 1.41 bits per heavy atom. The van der Waals surface area contributed by atoms with E-state index in [1.807, 2.05) is 0 Å². The van der Waals surface area contributed by atoms with Gasteiger partial charge in [-0.25, -0.2) is 4.98 Å². The zero-order valence-electron chi connectivity index (χ0n) is 10.5. The third-order valence-corrected chi connectivity index (χ3v) is 3.16. The summed E-state index contributed by atoms with van der Waals surface area (Å²) in [6.07, 6.45) is 0.436. The normalized spacial score (nSPS) is 9.45. The van der Waals surface area contributed by atoms with Crippen LogP contribution in [-0.4, -0.2) is 22.3 Å². The van der Waals surface area contributed by atoms with Gasteiger partial charge in [-0.15, -0.1) is 11.3 Å². The molecule has 0 saturated carbocycles. The number of amides is 1. The molecule has 0 atom stereocenters. The molecule has 1 amide bonds. The summed E-state index contributed by atoms with van der Waals surface area (Å²) in [5.74, 6) is -0.334. The van der Waals surface area contributed by atoms with E-state index in [1.54, 1.807) is 5.38 Å². The Kier molecular flexibility index (Phi) is 6.14. The van der Waals surface area contributed by atoms with Crippen molar-refractivity contribution in [2.45, 2.75) is 13.8 Å². The van der Waals surface area contributed by atoms with Crippen LogP contribution in [0.3, 0.4) is 0 Å². The van der Waals surface area contributed by atoms with Crippen LogP contribution in [0.1, 0.15) is 13.1 Å². The van der Waals surface area contributed by atoms with Crippen molar-refractivity contribution < 1.29 is 19.2 Å². The number of carbonyl (C=O) groups excluding carboxylic acids is 2. The number of rotatable bonds is 6. The van der Waals surface area contributed by atoms with Gasteiger partial charge in [0.15, 0.2) is 5.13 Å². The quantitative estimate of drug-likeness (QED) is 0.287. The van der Waals surface area contributed by atoms with Gasteiger partial charge >= 0.3 is 5.97 Å². The smallest absolute Gasteiger partial charge is 0.317 e. The highest BCUT2D eigenvalue weighted by molar-refractivity contribution is 7.13. The minimum Gasteiger partial charge on any atom is -0.426 e. The molecule has 2 rings (SSSR count). The van der Waals surface area contributed by atoms with Crippen LogP contribution in [0.2, 0.25) is 0 Å². The van der Waals surface area contributed by atoms with Crippen molar-refractivity contribution in [3.05, 3.63) is 45.5 Å². The summed E-state index contributed by atoms with van der Waals surface area (Å²) < 4.78 is 5.04. The van der Waals surface area contributed by atoms with Crippen molar-refractivity contribution >= 4 is 34.5 Å². The number of nitrogens with one attached hydrogen (secondary N) is 1. The Morgan fingerprint density at radius 2 is 2.09 bits per heavy atom. The predicted octanol–water partition coefficient (Wildman–Crippen LogP) is 2.40. The number of ether oxygens (including phenoxy) is 1. The number of benzene rings is 1. The molecule has 0 aliphatic heterocycles. The van der Waals surface area contributed by atoms with Crippen LogP contribution in [0, 0.1) is 10.1 Å². The maximum atomic E-state index is 11.7. The molecular formula is C13H13N3O5S. The fourth-order valence-electron chi connectivity index (χ4n) is 1.46. The van der Waals surface area contributed by atoms with Crippen molar-refractivity contribution in [2.75, 3.05) is 5.32 Å². The van der Waals surface area contributed by atoms with E-state index < -0.39 is 10.9 Å². The first-order chi connectivity index (χ1) is 10.1. The summed E-state index contributed by atoms with van der Waals surface area (Å²) in [7, 11) is 0. The lowest BCUT2D eigenvalue weighted by Gasteiger charge is -2.02. The van der Waals surface area contributed by atoms with Crippen LogP contribution < -0.4 is 10.1 Å². The minimum atomic E-state index is -0.549. The Morgan fingerprint density at radius 3 is 2.68 bits per heavy atom. The number of non-ortho nitro benzene ring substituents is 1. The summed E-state index contributed by atoms with van der Waals surface area (Å²) in [6, 6.07) is 5.18. The SMILES string of the molecule is C.O=CNc1nc(CC(=O)Oc2ccc([N+](=O)[O-])cc2)cs1. The number of anilines is 1. The molecule has 0 unspecified atom stereocenters. The van der Waals surface area contributed by atoms with Gasteiger partial charge in [-0.3, -0.25) is 19.7 Å². The number of hydrogen-bond acceptors (Lipinski definition) is 7. The molecule has 0 fully saturated rings. The Bertz CT molecular complexity index is 669. The van der Waals surface area contributed by atoms with Crippen molar-refractivity contribution in [3.8, 4) is 5.75 Å². The monoisotopic (exact) mass is 323 g/mol. The average Bonchev–Trinajstić information content (AvgIpc) is 2.87. The molecular weight excluding hydrogens is 310 g/mol. The number of aromatic nitrogens is 1. The topological polar surface area (TPSA) is 111 Å². The summed E-state index contributed by atoms with van der Waals surface area (Å²) >= 11 is 1.19. The van der Waals surface area contributed by atoms with Crippen LogP contribution in [0.5, 0.6) is 5.75 Å². The maximum Gasteiger partial charge on any atom is 0.317 e. The summed E-state index contributed by atoms with van der Waals surface area (Å²) in [6.45, 7) is 0.